The van der Waals surface area contributed by atoms with Crippen LogP contribution in [0.4, 0.5) is 0 Å². The van der Waals surface area contributed by atoms with Gasteiger partial charge in [0.2, 0.25) is 0 Å². The first-order valence-electron chi connectivity index (χ1n) is 9.57. The molecule has 1 saturated carbocycles. The summed E-state index contributed by atoms with van der Waals surface area (Å²) in [6.45, 7) is 6.01. The molecule has 1 aromatic rings. The normalized spacial score (nSPS) is 15.1. The minimum atomic E-state index is -0.708. The predicted octanol–water partition coefficient (Wildman–Crippen LogP) is 1.86. The largest absolute Gasteiger partial charge is 0.490 e. The molecule has 0 heterocycles. The van der Waals surface area contributed by atoms with E-state index in [4.69, 9.17) is 24.8 Å². The van der Waals surface area contributed by atoms with Crippen molar-refractivity contribution in [1.29, 1.82) is 0 Å². The Labute approximate surface area is 166 Å². The van der Waals surface area contributed by atoms with Crippen molar-refractivity contribution in [2.75, 3.05) is 33.0 Å². The first-order chi connectivity index (χ1) is 13.3. The third-order valence-corrected chi connectivity index (χ3v) is 4.53. The van der Waals surface area contributed by atoms with E-state index < -0.39 is 5.41 Å². The van der Waals surface area contributed by atoms with Crippen LogP contribution < -0.4 is 9.47 Å². The van der Waals surface area contributed by atoms with E-state index in [1.807, 2.05) is 32.0 Å². The topological polar surface area (TPSA) is 113 Å². The summed E-state index contributed by atoms with van der Waals surface area (Å²) < 4.78 is 11.1. The Balaban J connectivity index is 0.000000416. The van der Waals surface area contributed by atoms with E-state index in [9.17, 15) is 9.59 Å². The fraction of sp³-hybridized carbons (Fsp3) is 0.619. The summed E-state index contributed by atoms with van der Waals surface area (Å²) in [4.78, 5) is 23.1. The van der Waals surface area contributed by atoms with Crippen molar-refractivity contribution in [3.63, 3.8) is 0 Å². The van der Waals surface area contributed by atoms with Gasteiger partial charge in [-0.2, -0.15) is 0 Å². The summed E-state index contributed by atoms with van der Waals surface area (Å²) in [6, 6.07) is 5.67. The maximum atomic E-state index is 11.6. The average molecular weight is 396 g/mol. The van der Waals surface area contributed by atoms with Crippen LogP contribution in [-0.2, 0) is 9.59 Å². The Hall–Kier alpha value is -1.96. The van der Waals surface area contributed by atoms with Gasteiger partial charge in [0.05, 0.1) is 39.5 Å². The molecule has 0 unspecified atom stereocenters. The highest BCUT2D eigenvalue weighted by molar-refractivity contribution is 6.02. The number of ketones is 2. The Morgan fingerprint density at radius 1 is 0.929 bits per heavy atom. The van der Waals surface area contributed by atoms with Crippen molar-refractivity contribution >= 4 is 11.6 Å². The summed E-state index contributed by atoms with van der Waals surface area (Å²) in [5, 5.41) is 25.4. The van der Waals surface area contributed by atoms with Gasteiger partial charge in [0.15, 0.2) is 11.5 Å². The molecule has 0 radical (unpaired) electrons. The number of benzene rings is 1. The van der Waals surface area contributed by atoms with Gasteiger partial charge >= 0.3 is 0 Å². The number of aliphatic hydroxyl groups is 3. The molecule has 0 bridgehead atoms. The molecule has 158 valence electrons. The fourth-order valence-corrected chi connectivity index (χ4v) is 2.69. The van der Waals surface area contributed by atoms with E-state index in [0.29, 0.717) is 37.6 Å². The highest BCUT2D eigenvalue weighted by atomic mass is 16.5. The summed E-state index contributed by atoms with van der Waals surface area (Å²) in [6.07, 6.45) is 0.961. The number of Topliss-reactive ketones (excluding diaryl/α,β-unsaturated/α-hetero) is 2. The van der Waals surface area contributed by atoms with Crippen molar-refractivity contribution in [3.8, 4) is 11.5 Å². The van der Waals surface area contributed by atoms with Crippen LogP contribution >= 0.6 is 0 Å². The van der Waals surface area contributed by atoms with Gasteiger partial charge in [-0.15, -0.1) is 0 Å². The summed E-state index contributed by atoms with van der Waals surface area (Å²) in [5.74, 6) is 1.40. The van der Waals surface area contributed by atoms with Crippen molar-refractivity contribution in [2.45, 2.75) is 46.0 Å². The zero-order chi connectivity index (χ0) is 21.2. The van der Waals surface area contributed by atoms with Crippen LogP contribution in [0.5, 0.6) is 11.5 Å². The quantitative estimate of drug-likeness (QED) is 0.575. The van der Waals surface area contributed by atoms with Gasteiger partial charge in [0, 0.05) is 18.3 Å². The lowest BCUT2D eigenvalue weighted by molar-refractivity contribution is -0.130. The number of rotatable bonds is 8. The van der Waals surface area contributed by atoms with Crippen molar-refractivity contribution in [1.82, 2.24) is 0 Å². The molecular weight excluding hydrogens is 364 g/mol. The Morgan fingerprint density at radius 2 is 1.43 bits per heavy atom. The van der Waals surface area contributed by atoms with E-state index in [0.717, 1.165) is 5.56 Å². The van der Waals surface area contributed by atoms with E-state index in [-0.39, 0.29) is 43.7 Å². The number of aliphatic hydroxyl groups excluding tert-OH is 3. The minimum absolute atomic E-state index is 0.0260. The molecule has 0 aliphatic heterocycles. The van der Waals surface area contributed by atoms with E-state index in [1.54, 1.807) is 6.92 Å². The first-order valence-corrected chi connectivity index (χ1v) is 9.57. The molecule has 0 aromatic heterocycles. The van der Waals surface area contributed by atoms with Gasteiger partial charge < -0.3 is 24.8 Å². The molecular formula is C21H32O7. The van der Waals surface area contributed by atoms with Crippen LogP contribution in [0.15, 0.2) is 18.2 Å². The average Bonchev–Trinajstić information content (AvgIpc) is 2.69. The number of hydrogen-bond donors (Lipinski definition) is 3. The van der Waals surface area contributed by atoms with Crippen LogP contribution in [0.25, 0.3) is 0 Å². The van der Waals surface area contributed by atoms with Crippen molar-refractivity contribution in [2.24, 2.45) is 5.41 Å². The van der Waals surface area contributed by atoms with Crippen LogP contribution in [0.3, 0.4) is 0 Å². The highest BCUT2D eigenvalue weighted by Gasteiger charge is 2.27. The molecule has 1 fully saturated rings. The first kappa shape index (κ1) is 24.1. The Bertz CT molecular complexity index is 613. The number of carbonyl (C=O) groups is 2. The maximum Gasteiger partial charge on any atom is 0.161 e. The Kier molecular flexibility index (Phi) is 10.1. The molecule has 0 saturated heterocycles. The maximum absolute atomic E-state index is 11.6. The second-order valence-electron chi connectivity index (χ2n) is 7.22. The monoisotopic (exact) mass is 396 g/mol. The number of hydrogen-bond acceptors (Lipinski definition) is 7. The molecule has 7 heteroatoms. The second kappa shape index (κ2) is 11.8. The lowest BCUT2D eigenvalue weighted by Gasteiger charge is -2.21. The van der Waals surface area contributed by atoms with Gasteiger partial charge in [-0.25, -0.2) is 0 Å². The minimum Gasteiger partial charge on any atom is -0.490 e. The second-order valence-corrected chi connectivity index (χ2v) is 7.22. The van der Waals surface area contributed by atoms with E-state index in [1.165, 1.54) is 0 Å². The zero-order valence-electron chi connectivity index (χ0n) is 16.9. The van der Waals surface area contributed by atoms with Crippen LogP contribution in [0, 0.1) is 5.41 Å². The Morgan fingerprint density at radius 3 is 1.86 bits per heavy atom. The molecule has 2 rings (SSSR count). The number of carbonyl (C=O) groups excluding carboxylic acids is 2. The number of ether oxygens (including phenoxy) is 2. The standard InChI is InChI=1S/C16H20O4.C5H12O3/c1-3-19-15-6-5-11(9-16(15)20-4-2)12-7-13(17)10-14(18)8-12;1-5(2-6,3-7)4-8/h5-6,9,12H,3-4,7-8,10H2,1-2H3;6-8H,2-4H2,1H3. The van der Waals surface area contributed by atoms with Crippen molar-refractivity contribution in [3.05, 3.63) is 23.8 Å². The molecule has 3 N–H and O–H groups in total. The molecule has 7 nitrogen and oxygen atoms in total. The van der Waals surface area contributed by atoms with Crippen LogP contribution in [0.1, 0.15) is 51.5 Å². The fourth-order valence-electron chi connectivity index (χ4n) is 2.69. The van der Waals surface area contributed by atoms with Crippen LogP contribution in [-0.4, -0.2) is 59.9 Å². The van der Waals surface area contributed by atoms with E-state index >= 15 is 0 Å². The lowest BCUT2D eigenvalue weighted by atomic mass is 9.82. The van der Waals surface area contributed by atoms with Crippen molar-refractivity contribution < 1.29 is 34.4 Å². The highest BCUT2D eigenvalue weighted by Crippen LogP contribution is 2.35. The molecule has 0 amide bonds. The molecule has 1 aliphatic carbocycles. The lowest BCUT2D eigenvalue weighted by Crippen LogP contribution is -2.29. The zero-order valence-corrected chi connectivity index (χ0v) is 16.9. The summed E-state index contributed by atoms with van der Waals surface area (Å²) >= 11 is 0. The van der Waals surface area contributed by atoms with Gasteiger partial charge in [-0.1, -0.05) is 13.0 Å². The summed E-state index contributed by atoms with van der Waals surface area (Å²) in [7, 11) is 0. The van der Waals surface area contributed by atoms with Gasteiger partial charge in [0.25, 0.3) is 0 Å². The smallest absolute Gasteiger partial charge is 0.161 e. The predicted molar refractivity (Wildman–Crippen MR) is 105 cm³/mol. The third-order valence-electron chi connectivity index (χ3n) is 4.53. The van der Waals surface area contributed by atoms with Gasteiger partial charge in [-0.05, 0) is 37.5 Å². The SMILES string of the molecule is CC(CO)(CO)CO.CCOc1ccc(C2CC(=O)CC(=O)C2)cc1OCC. The van der Waals surface area contributed by atoms with Gasteiger partial charge in [0.1, 0.15) is 11.6 Å². The molecule has 1 aromatic carbocycles. The van der Waals surface area contributed by atoms with Gasteiger partial charge in [-0.3, -0.25) is 9.59 Å². The molecule has 1 aliphatic rings. The summed E-state index contributed by atoms with van der Waals surface area (Å²) in [5.41, 5.74) is 0.262. The van der Waals surface area contributed by atoms with E-state index in [2.05, 4.69) is 0 Å². The molecule has 0 spiro atoms. The molecule has 28 heavy (non-hydrogen) atoms. The third kappa shape index (κ3) is 7.22. The molecule has 0 atom stereocenters. The van der Waals surface area contributed by atoms with Crippen LogP contribution in [0.2, 0.25) is 0 Å².